The molecule has 0 atom stereocenters. The average molecular weight is 369 g/mol. The van der Waals surface area contributed by atoms with Gasteiger partial charge in [0.15, 0.2) is 0 Å². The van der Waals surface area contributed by atoms with Crippen LogP contribution in [0.25, 0.3) is 10.9 Å². The molecule has 1 amide bonds. The van der Waals surface area contributed by atoms with Gasteiger partial charge in [-0.05, 0) is 35.4 Å². The lowest BCUT2D eigenvalue weighted by atomic mass is 10.1. The smallest absolute Gasteiger partial charge is 0.261 e. The first-order valence-corrected chi connectivity index (χ1v) is 9.06. The van der Waals surface area contributed by atoms with Gasteiger partial charge in [0.2, 0.25) is 0 Å². The first kappa shape index (κ1) is 17.7. The molecule has 0 spiro atoms. The molecule has 0 radical (unpaired) electrons. The summed E-state index contributed by atoms with van der Waals surface area (Å²) in [6.45, 7) is 0.891. The predicted octanol–water partition coefficient (Wildman–Crippen LogP) is 3.37. The molecule has 0 bridgehead atoms. The molecule has 0 aliphatic rings. The number of carbonyl (C=O) groups is 1. The van der Waals surface area contributed by atoms with Gasteiger partial charge in [-0.15, -0.1) is 0 Å². The van der Waals surface area contributed by atoms with E-state index in [9.17, 15) is 9.59 Å². The summed E-state index contributed by atoms with van der Waals surface area (Å²) in [6, 6.07) is 24.3. The van der Waals surface area contributed by atoms with Crippen molar-refractivity contribution >= 4 is 16.8 Å². The number of carbonyl (C=O) groups excluding carboxylic acids is 1. The van der Waals surface area contributed by atoms with Crippen LogP contribution >= 0.6 is 0 Å². The van der Waals surface area contributed by atoms with Crippen LogP contribution in [-0.2, 0) is 13.1 Å². The van der Waals surface area contributed by atoms with Crippen molar-refractivity contribution < 1.29 is 4.79 Å². The normalized spacial score (nSPS) is 10.7. The quantitative estimate of drug-likeness (QED) is 0.587. The highest BCUT2D eigenvalue weighted by atomic mass is 16.1. The molecule has 1 heterocycles. The highest BCUT2D eigenvalue weighted by Crippen LogP contribution is 2.09. The standard InChI is InChI=1S/C23H19N3O2/c27-22(24-14-17-6-2-1-3-7-17)19-12-10-18(11-13-19)15-26-16-25-21-9-5-4-8-20(21)23(26)28/h1-13,16H,14-15H2,(H,24,27). The predicted molar refractivity (Wildman–Crippen MR) is 109 cm³/mol. The third kappa shape index (κ3) is 3.83. The molecular weight excluding hydrogens is 350 g/mol. The van der Waals surface area contributed by atoms with Crippen LogP contribution in [0.2, 0.25) is 0 Å². The lowest BCUT2D eigenvalue weighted by molar-refractivity contribution is 0.0951. The van der Waals surface area contributed by atoms with Crippen molar-refractivity contribution in [1.29, 1.82) is 0 Å². The lowest BCUT2D eigenvalue weighted by Crippen LogP contribution is -2.23. The van der Waals surface area contributed by atoms with Crippen molar-refractivity contribution in [3.05, 3.63) is 112 Å². The van der Waals surface area contributed by atoms with Crippen molar-refractivity contribution in [3.8, 4) is 0 Å². The molecule has 0 aliphatic carbocycles. The molecule has 4 aromatic rings. The number of nitrogens with one attached hydrogen (secondary N) is 1. The van der Waals surface area contributed by atoms with Crippen LogP contribution in [0.3, 0.4) is 0 Å². The molecule has 0 fully saturated rings. The summed E-state index contributed by atoms with van der Waals surface area (Å²) in [6.07, 6.45) is 1.56. The second-order valence-corrected chi connectivity index (χ2v) is 6.56. The molecule has 0 aliphatic heterocycles. The third-order valence-corrected chi connectivity index (χ3v) is 4.60. The Hall–Kier alpha value is -3.73. The minimum Gasteiger partial charge on any atom is -0.348 e. The van der Waals surface area contributed by atoms with E-state index in [1.807, 2.05) is 60.7 Å². The summed E-state index contributed by atoms with van der Waals surface area (Å²) < 4.78 is 1.58. The average Bonchev–Trinajstić information content (AvgIpc) is 2.75. The first-order chi connectivity index (χ1) is 13.7. The van der Waals surface area contributed by atoms with Crippen molar-refractivity contribution in [1.82, 2.24) is 14.9 Å². The number of benzene rings is 3. The van der Waals surface area contributed by atoms with E-state index in [4.69, 9.17) is 0 Å². The SMILES string of the molecule is O=C(NCc1ccccc1)c1ccc(Cn2cnc3ccccc3c2=O)cc1. The second-order valence-electron chi connectivity index (χ2n) is 6.56. The van der Waals surface area contributed by atoms with Crippen LogP contribution < -0.4 is 10.9 Å². The number of para-hydroxylation sites is 1. The number of rotatable bonds is 5. The maximum atomic E-state index is 12.6. The maximum absolute atomic E-state index is 12.6. The van der Waals surface area contributed by atoms with Gasteiger partial charge in [0.25, 0.3) is 11.5 Å². The third-order valence-electron chi connectivity index (χ3n) is 4.60. The van der Waals surface area contributed by atoms with E-state index in [0.717, 1.165) is 11.1 Å². The van der Waals surface area contributed by atoms with Gasteiger partial charge in [-0.2, -0.15) is 0 Å². The molecule has 0 unspecified atom stereocenters. The van der Waals surface area contributed by atoms with E-state index in [1.54, 1.807) is 29.1 Å². The van der Waals surface area contributed by atoms with Crippen molar-refractivity contribution in [2.24, 2.45) is 0 Å². The molecule has 0 saturated heterocycles. The fraction of sp³-hybridized carbons (Fsp3) is 0.0870. The number of hydrogen-bond acceptors (Lipinski definition) is 3. The molecule has 138 valence electrons. The molecule has 5 nitrogen and oxygen atoms in total. The van der Waals surface area contributed by atoms with E-state index >= 15 is 0 Å². The van der Waals surface area contributed by atoms with Gasteiger partial charge < -0.3 is 5.32 Å². The van der Waals surface area contributed by atoms with Crippen LogP contribution in [0.15, 0.2) is 90.0 Å². The molecule has 5 heteroatoms. The van der Waals surface area contributed by atoms with Crippen LogP contribution in [0.4, 0.5) is 0 Å². The zero-order chi connectivity index (χ0) is 19.3. The van der Waals surface area contributed by atoms with Gasteiger partial charge >= 0.3 is 0 Å². The van der Waals surface area contributed by atoms with E-state index in [0.29, 0.717) is 29.6 Å². The Balaban J connectivity index is 1.45. The van der Waals surface area contributed by atoms with E-state index in [-0.39, 0.29) is 11.5 Å². The summed E-state index contributed by atoms with van der Waals surface area (Å²) in [4.78, 5) is 29.2. The van der Waals surface area contributed by atoms with Gasteiger partial charge in [-0.25, -0.2) is 4.98 Å². The Morgan fingerprint density at radius 3 is 2.36 bits per heavy atom. The highest BCUT2D eigenvalue weighted by molar-refractivity contribution is 5.94. The molecule has 28 heavy (non-hydrogen) atoms. The Bertz CT molecular complexity index is 1170. The number of aromatic nitrogens is 2. The van der Waals surface area contributed by atoms with Gasteiger partial charge in [0.1, 0.15) is 0 Å². The maximum Gasteiger partial charge on any atom is 0.261 e. The molecular formula is C23H19N3O2. The van der Waals surface area contributed by atoms with Crippen LogP contribution in [0, 0.1) is 0 Å². The second kappa shape index (κ2) is 7.88. The van der Waals surface area contributed by atoms with Crippen LogP contribution in [-0.4, -0.2) is 15.5 Å². The molecule has 0 saturated carbocycles. The minimum absolute atomic E-state index is 0.0738. The van der Waals surface area contributed by atoms with Crippen LogP contribution in [0.5, 0.6) is 0 Å². The number of fused-ring (bicyclic) bond motifs is 1. The van der Waals surface area contributed by atoms with Crippen molar-refractivity contribution in [2.45, 2.75) is 13.1 Å². The van der Waals surface area contributed by atoms with E-state index in [2.05, 4.69) is 10.3 Å². The van der Waals surface area contributed by atoms with E-state index < -0.39 is 0 Å². The minimum atomic E-state index is -0.125. The molecule has 4 rings (SSSR count). The Morgan fingerprint density at radius 1 is 0.857 bits per heavy atom. The first-order valence-electron chi connectivity index (χ1n) is 9.06. The summed E-state index contributed by atoms with van der Waals surface area (Å²) in [7, 11) is 0. The van der Waals surface area contributed by atoms with Gasteiger partial charge in [0, 0.05) is 12.1 Å². The summed E-state index contributed by atoms with van der Waals surface area (Å²) in [5, 5.41) is 3.51. The van der Waals surface area contributed by atoms with Crippen LogP contribution in [0.1, 0.15) is 21.5 Å². The molecule has 1 N–H and O–H groups in total. The Labute approximate surface area is 162 Å². The Kier molecular flexibility index (Phi) is 4.97. The number of nitrogens with zero attached hydrogens (tertiary/aromatic N) is 2. The van der Waals surface area contributed by atoms with Crippen molar-refractivity contribution in [2.75, 3.05) is 0 Å². The Morgan fingerprint density at radius 2 is 1.57 bits per heavy atom. The number of hydrogen-bond donors (Lipinski definition) is 1. The lowest BCUT2D eigenvalue weighted by Gasteiger charge is -2.08. The molecule has 1 aromatic heterocycles. The largest absolute Gasteiger partial charge is 0.348 e. The summed E-state index contributed by atoms with van der Waals surface area (Å²) >= 11 is 0. The van der Waals surface area contributed by atoms with Gasteiger partial charge in [-0.1, -0.05) is 54.6 Å². The zero-order valence-electron chi connectivity index (χ0n) is 15.2. The fourth-order valence-electron chi connectivity index (χ4n) is 3.06. The van der Waals surface area contributed by atoms with Gasteiger partial charge in [0.05, 0.1) is 23.8 Å². The zero-order valence-corrected chi connectivity index (χ0v) is 15.2. The molecule has 3 aromatic carbocycles. The van der Waals surface area contributed by atoms with E-state index in [1.165, 1.54) is 0 Å². The van der Waals surface area contributed by atoms with Gasteiger partial charge in [-0.3, -0.25) is 14.2 Å². The summed E-state index contributed by atoms with van der Waals surface area (Å²) in [5.41, 5.74) is 3.18. The fourth-order valence-corrected chi connectivity index (χ4v) is 3.06. The van der Waals surface area contributed by atoms with Crippen molar-refractivity contribution in [3.63, 3.8) is 0 Å². The monoisotopic (exact) mass is 369 g/mol. The summed E-state index contributed by atoms with van der Waals surface area (Å²) in [5.74, 6) is -0.125. The number of amides is 1. The topological polar surface area (TPSA) is 64.0 Å². The highest BCUT2D eigenvalue weighted by Gasteiger charge is 2.07.